The van der Waals surface area contributed by atoms with Crippen molar-refractivity contribution in [2.75, 3.05) is 6.61 Å². The van der Waals surface area contributed by atoms with Crippen molar-refractivity contribution in [3.05, 3.63) is 47.7 Å². The summed E-state index contributed by atoms with van der Waals surface area (Å²) >= 11 is 0. The number of halogens is 1. The van der Waals surface area contributed by atoms with Gasteiger partial charge in [0.15, 0.2) is 5.03 Å². The van der Waals surface area contributed by atoms with Gasteiger partial charge in [0, 0.05) is 16.7 Å². The second-order valence-corrected chi connectivity index (χ2v) is 6.68. The Morgan fingerprint density at radius 1 is 1.26 bits per heavy atom. The number of benzene rings is 1. The molecule has 1 heterocycles. The summed E-state index contributed by atoms with van der Waals surface area (Å²) < 4.78 is 28.9. The molecule has 0 saturated heterocycles. The summed E-state index contributed by atoms with van der Waals surface area (Å²) in [6.45, 7) is 6.08. The largest absolute Gasteiger partial charge is 0.461 e. The highest BCUT2D eigenvalue weighted by Crippen LogP contribution is 2.17. The summed E-state index contributed by atoms with van der Waals surface area (Å²) in [5, 5.41) is 3.50. The highest BCUT2D eigenvalue weighted by Gasteiger charge is 2.22. The third-order valence-corrected chi connectivity index (χ3v) is 3.84. The molecule has 0 spiro atoms. The van der Waals surface area contributed by atoms with Crippen LogP contribution in [0.1, 0.15) is 36.8 Å². The molecule has 0 saturated carbocycles. The number of hydrogen-bond acceptors (Lipinski definition) is 5. The van der Waals surface area contributed by atoms with Crippen LogP contribution in [-0.2, 0) is 20.3 Å². The van der Waals surface area contributed by atoms with Gasteiger partial charge in [-0.1, -0.05) is 44.2 Å². The zero-order valence-electron chi connectivity index (χ0n) is 13.2. The Hall–Kier alpha value is -1.86. The van der Waals surface area contributed by atoms with Gasteiger partial charge in [0.2, 0.25) is 0 Å². The van der Waals surface area contributed by atoms with Gasteiger partial charge in [-0.2, -0.15) is 5.10 Å². The maximum Gasteiger partial charge on any atom is 0.356 e. The van der Waals surface area contributed by atoms with Gasteiger partial charge in [-0.3, -0.25) is 4.68 Å². The van der Waals surface area contributed by atoms with E-state index in [0.717, 1.165) is 11.6 Å². The monoisotopic (exact) mass is 358 g/mol. The van der Waals surface area contributed by atoms with Crippen LogP contribution in [0.2, 0.25) is 0 Å². The molecule has 0 bridgehead atoms. The fourth-order valence-electron chi connectivity index (χ4n) is 1.76. The summed E-state index contributed by atoms with van der Waals surface area (Å²) in [5.74, 6) is -0.646. The van der Waals surface area contributed by atoms with E-state index < -0.39 is 15.0 Å². The van der Waals surface area contributed by atoms with Gasteiger partial charge in [0.05, 0.1) is 13.2 Å². The molecule has 0 atom stereocenters. The average molecular weight is 359 g/mol. The molecule has 8 heteroatoms. The minimum atomic E-state index is -4.01. The van der Waals surface area contributed by atoms with Gasteiger partial charge in [-0.05, 0) is 12.5 Å². The summed E-state index contributed by atoms with van der Waals surface area (Å²) in [5.41, 5.74) is 0.907. The third kappa shape index (κ3) is 5.37. The first-order chi connectivity index (χ1) is 10.9. The third-order valence-electron chi connectivity index (χ3n) is 2.67. The van der Waals surface area contributed by atoms with E-state index in [1.165, 1.54) is 4.68 Å². The van der Waals surface area contributed by atoms with E-state index >= 15 is 0 Å². The van der Waals surface area contributed by atoms with E-state index in [-0.39, 0.29) is 23.9 Å². The molecule has 1 aromatic carbocycles. The second-order valence-electron chi connectivity index (χ2n) is 4.17. The van der Waals surface area contributed by atoms with E-state index in [1.54, 1.807) is 6.92 Å². The minimum Gasteiger partial charge on any atom is -0.461 e. The van der Waals surface area contributed by atoms with Gasteiger partial charge in [0.1, 0.15) is 5.69 Å². The first-order valence-corrected chi connectivity index (χ1v) is 9.46. The minimum absolute atomic E-state index is 0.0416. The van der Waals surface area contributed by atoms with E-state index in [4.69, 9.17) is 15.4 Å². The quantitative estimate of drug-likeness (QED) is 0.606. The summed E-state index contributed by atoms with van der Waals surface area (Å²) in [6, 6.07) is 10.3. The number of hydrogen-bond donors (Lipinski definition) is 0. The SMILES string of the molecule is CC.CCOC(=O)c1cc(S(=O)(=O)Cl)nn1Cc1ccccc1. The van der Waals surface area contributed by atoms with Gasteiger partial charge < -0.3 is 4.74 Å². The first kappa shape index (κ1) is 19.2. The van der Waals surface area contributed by atoms with Crippen LogP contribution >= 0.6 is 10.7 Å². The van der Waals surface area contributed by atoms with Crippen LogP contribution in [0.5, 0.6) is 0 Å². The zero-order valence-corrected chi connectivity index (χ0v) is 14.8. The van der Waals surface area contributed by atoms with Crippen molar-refractivity contribution < 1.29 is 17.9 Å². The lowest BCUT2D eigenvalue weighted by Crippen LogP contribution is -2.14. The molecular formula is C15H19ClN2O4S. The van der Waals surface area contributed by atoms with Crippen molar-refractivity contribution in [1.29, 1.82) is 0 Å². The molecule has 6 nitrogen and oxygen atoms in total. The average Bonchev–Trinajstić information content (AvgIpc) is 2.95. The van der Waals surface area contributed by atoms with Gasteiger partial charge >= 0.3 is 5.97 Å². The Balaban J connectivity index is 0.00000127. The Labute approximate surface area is 140 Å². The molecule has 0 N–H and O–H groups in total. The van der Waals surface area contributed by atoms with Crippen LogP contribution in [0.25, 0.3) is 0 Å². The van der Waals surface area contributed by atoms with Gasteiger partial charge in [0.25, 0.3) is 9.05 Å². The van der Waals surface area contributed by atoms with Crippen LogP contribution in [-0.4, -0.2) is 30.8 Å². The number of carbonyl (C=O) groups is 1. The molecule has 1 aromatic heterocycles. The molecule has 126 valence electrons. The molecule has 0 aliphatic rings. The number of nitrogens with zero attached hydrogens (tertiary/aromatic N) is 2. The van der Waals surface area contributed by atoms with Crippen molar-refractivity contribution in [3.63, 3.8) is 0 Å². The van der Waals surface area contributed by atoms with Crippen molar-refractivity contribution in [2.24, 2.45) is 0 Å². The fraction of sp³-hybridized carbons (Fsp3) is 0.333. The van der Waals surface area contributed by atoms with E-state index in [0.29, 0.717) is 0 Å². The molecule has 2 rings (SSSR count). The number of ether oxygens (including phenoxy) is 1. The Morgan fingerprint density at radius 3 is 2.39 bits per heavy atom. The predicted octanol–water partition coefficient (Wildman–Crippen LogP) is 3.06. The maximum atomic E-state index is 11.9. The Morgan fingerprint density at radius 2 is 1.87 bits per heavy atom. The number of rotatable bonds is 5. The lowest BCUT2D eigenvalue weighted by Gasteiger charge is -2.06. The Kier molecular flexibility index (Phi) is 7.25. The molecule has 0 amide bonds. The van der Waals surface area contributed by atoms with Crippen LogP contribution in [0.15, 0.2) is 41.4 Å². The predicted molar refractivity (Wildman–Crippen MR) is 88.1 cm³/mol. The van der Waals surface area contributed by atoms with Crippen molar-refractivity contribution in [2.45, 2.75) is 32.3 Å². The standard InChI is InChI=1S/C13H13ClN2O4S.C2H6/c1-2-20-13(17)11-8-12(21(14,18)19)15-16(11)9-10-6-4-3-5-7-10;1-2/h3-8H,2,9H2,1H3;1-2H3. The van der Waals surface area contributed by atoms with E-state index in [9.17, 15) is 13.2 Å². The molecule has 0 aliphatic heterocycles. The van der Waals surface area contributed by atoms with E-state index in [2.05, 4.69) is 5.10 Å². The van der Waals surface area contributed by atoms with Crippen LogP contribution < -0.4 is 0 Å². The van der Waals surface area contributed by atoms with Crippen molar-refractivity contribution in [1.82, 2.24) is 9.78 Å². The Bertz CT molecular complexity index is 742. The van der Waals surface area contributed by atoms with E-state index in [1.807, 2.05) is 44.2 Å². The summed E-state index contributed by atoms with van der Waals surface area (Å²) in [4.78, 5) is 11.9. The second kappa shape index (κ2) is 8.69. The van der Waals surface area contributed by atoms with Crippen LogP contribution in [0, 0.1) is 0 Å². The van der Waals surface area contributed by atoms with Gasteiger partial charge in [-0.15, -0.1) is 0 Å². The lowest BCUT2D eigenvalue weighted by atomic mass is 10.2. The lowest BCUT2D eigenvalue weighted by molar-refractivity contribution is 0.0512. The highest BCUT2D eigenvalue weighted by atomic mass is 35.7. The summed E-state index contributed by atoms with van der Waals surface area (Å²) in [6.07, 6.45) is 0. The number of esters is 1. The van der Waals surface area contributed by atoms with Gasteiger partial charge in [-0.25, -0.2) is 13.2 Å². The number of aromatic nitrogens is 2. The number of carbonyl (C=O) groups excluding carboxylic acids is 1. The first-order valence-electron chi connectivity index (χ1n) is 7.15. The molecule has 0 aliphatic carbocycles. The fourth-order valence-corrected chi connectivity index (χ4v) is 2.43. The van der Waals surface area contributed by atoms with Crippen LogP contribution in [0.4, 0.5) is 0 Å². The summed E-state index contributed by atoms with van der Waals surface area (Å²) in [7, 11) is 1.26. The van der Waals surface area contributed by atoms with Crippen LogP contribution in [0.3, 0.4) is 0 Å². The molecule has 23 heavy (non-hydrogen) atoms. The molecule has 0 fully saturated rings. The molecular weight excluding hydrogens is 340 g/mol. The zero-order chi connectivity index (χ0) is 17.5. The molecule has 2 aromatic rings. The maximum absolute atomic E-state index is 11.9. The van der Waals surface area contributed by atoms with Crippen molar-refractivity contribution >= 4 is 25.7 Å². The smallest absolute Gasteiger partial charge is 0.356 e. The topological polar surface area (TPSA) is 78.3 Å². The normalized spacial score (nSPS) is 10.6. The molecule has 0 radical (unpaired) electrons. The van der Waals surface area contributed by atoms with Crippen molar-refractivity contribution in [3.8, 4) is 0 Å². The highest BCUT2D eigenvalue weighted by molar-refractivity contribution is 8.13. The molecule has 0 unspecified atom stereocenters.